The lowest BCUT2D eigenvalue weighted by molar-refractivity contribution is -0.116. The van der Waals surface area contributed by atoms with E-state index in [4.69, 9.17) is 0 Å². The second-order valence-corrected chi connectivity index (χ2v) is 6.18. The first-order chi connectivity index (χ1) is 13.2. The number of nitrogens with zero attached hydrogens (tertiary/aromatic N) is 1. The van der Waals surface area contributed by atoms with Gasteiger partial charge >= 0.3 is 0 Å². The van der Waals surface area contributed by atoms with Gasteiger partial charge in [-0.15, -0.1) is 0 Å². The molecule has 3 rings (SSSR count). The molecule has 2 amide bonds. The van der Waals surface area contributed by atoms with Crippen molar-refractivity contribution >= 4 is 34.5 Å². The topological polar surface area (TPSA) is 70.6 Å². The minimum Gasteiger partial charge on any atom is -0.326 e. The number of fused-ring (bicyclic) bond motifs is 1. The molecule has 5 nitrogen and oxygen atoms in total. The van der Waals surface area contributed by atoms with E-state index in [1.165, 1.54) is 0 Å². The van der Waals surface area contributed by atoms with Crippen molar-refractivity contribution in [2.24, 2.45) is 5.10 Å². The van der Waals surface area contributed by atoms with E-state index in [0.29, 0.717) is 17.7 Å². The second kappa shape index (κ2) is 8.76. The molecule has 0 bridgehead atoms. The standard InChI is InChI=1S/C22H21N3O2/c1-2-5-21(26)24-20-12-10-18(11-13-20)22(27)25-23-15-16-8-9-17-6-3-4-7-19(17)14-16/h3-4,6-15H,2,5H2,1H3,(H,24,26)(H,25,27)/b23-15+. The maximum absolute atomic E-state index is 12.2. The molecule has 0 aromatic heterocycles. The number of anilines is 1. The molecule has 0 radical (unpaired) electrons. The third-order valence-electron chi connectivity index (χ3n) is 4.06. The summed E-state index contributed by atoms with van der Waals surface area (Å²) >= 11 is 0. The molecular weight excluding hydrogens is 338 g/mol. The summed E-state index contributed by atoms with van der Waals surface area (Å²) in [6.07, 6.45) is 2.89. The zero-order valence-corrected chi connectivity index (χ0v) is 15.1. The lowest BCUT2D eigenvalue weighted by Gasteiger charge is -2.05. The summed E-state index contributed by atoms with van der Waals surface area (Å²) in [5, 5.41) is 9.09. The molecule has 2 N–H and O–H groups in total. The molecule has 0 saturated carbocycles. The number of carbonyl (C=O) groups is 2. The smallest absolute Gasteiger partial charge is 0.271 e. The van der Waals surface area contributed by atoms with Crippen LogP contribution < -0.4 is 10.7 Å². The zero-order valence-electron chi connectivity index (χ0n) is 15.1. The molecule has 0 unspecified atom stereocenters. The highest BCUT2D eigenvalue weighted by Crippen LogP contribution is 2.14. The minimum atomic E-state index is -0.307. The van der Waals surface area contributed by atoms with Crippen molar-refractivity contribution < 1.29 is 9.59 Å². The van der Waals surface area contributed by atoms with E-state index in [-0.39, 0.29) is 11.8 Å². The Morgan fingerprint density at radius 1 is 0.963 bits per heavy atom. The van der Waals surface area contributed by atoms with Crippen LogP contribution in [0.5, 0.6) is 0 Å². The Morgan fingerprint density at radius 3 is 2.44 bits per heavy atom. The Hall–Kier alpha value is -3.47. The van der Waals surface area contributed by atoms with Gasteiger partial charge in [0.2, 0.25) is 5.91 Å². The number of carbonyl (C=O) groups excluding carboxylic acids is 2. The van der Waals surface area contributed by atoms with Crippen LogP contribution >= 0.6 is 0 Å². The molecule has 27 heavy (non-hydrogen) atoms. The fraction of sp³-hybridized carbons (Fsp3) is 0.136. The molecule has 3 aromatic carbocycles. The van der Waals surface area contributed by atoms with Gasteiger partial charge in [0.15, 0.2) is 0 Å². The highest BCUT2D eigenvalue weighted by molar-refractivity contribution is 5.96. The Morgan fingerprint density at radius 2 is 1.70 bits per heavy atom. The lowest BCUT2D eigenvalue weighted by Crippen LogP contribution is -2.17. The molecule has 0 saturated heterocycles. The summed E-state index contributed by atoms with van der Waals surface area (Å²) in [5.74, 6) is -0.340. The highest BCUT2D eigenvalue weighted by Gasteiger charge is 2.05. The Bertz CT molecular complexity index is 978. The third kappa shape index (κ3) is 5.01. The van der Waals surface area contributed by atoms with E-state index in [0.717, 1.165) is 22.8 Å². The van der Waals surface area contributed by atoms with Crippen molar-refractivity contribution in [3.05, 3.63) is 77.9 Å². The van der Waals surface area contributed by atoms with E-state index in [1.807, 2.05) is 49.4 Å². The summed E-state index contributed by atoms with van der Waals surface area (Å²) in [5.41, 5.74) is 4.57. The quantitative estimate of drug-likeness (QED) is 0.508. The fourth-order valence-corrected chi connectivity index (χ4v) is 2.67. The third-order valence-corrected chi connectivity index (χ3v) is 4.06. The van der Waals surface area contributed by atoms with Crippen LogP contribution in [-0.4, -0.2) is 18.0 Å². The fourth-order valence-electron chi connectivity index (χ4n) is 2.67. The summed E-state index contributed by atoms with van der Waals surface area (Å²) in [6.45, 7) is 1.95. The van der Waals surface area contributed by atoms with E-state index in [9.17, 15) is 9.59 Å². The van der Waals surface area contributed by atoms with Crippen LogP contribution in [0.25, 0.3) is 10.8 Å². The molecular formula is C22H21N3O2. The Kier molecular flexibility index (Phi) is 5.94. The average Bonchev–Trinajstić information content (AvgIpc) is 2.68. The lowest BCUT2D eigenvalue weighted by atomic mass is 10.1. The van der Waals surface area contributed by atoms with Crippen LogP contribution in [0.15, 0.2) is 71.8 Å². The first kappa shape index (κ1) is 18.3. The molecule has 0 aliphatic carbocycles. The van der Waals surface area contributed by atoms with Gasteiger partial charge < -0.3 is 5.32 Å². The molecule has 0 atom stereocenters. The van der Waals surface area contributed by atoms with Gasteiger partial charge in [0.1, 0.15) is 0 Å². The number of hydrogen-bond acceptors (Lipinski definition) is 3. The van der Waals surface area contributed by atoms with Gasteiger partial charge in [0.25, 0.3) is 5.91 Å². The molecule has 3 aromatic rings. The molecule has 5 heteroatoms. The molecule has 0 heterocycles. The van der Waals surface area contributed by atoms with Crippen LogP contribution in [0.2, 0.25) is 0 Å². The van der Waals surface area contributed by atoms with Gasteiger partial charge in [-0.3, -0.25) is 9.59 Å². The number of amides is 2. The summed E-state index contributed by atoms with van der Waals surface area (Å²) in [4.78, 5) is 23.8. The number of hydrogen-bond donors (Lipinski definition) is 2. The van der Waals surface area contributed by atoms with Crippen LogP contribution in [0.3, 0.4) is 0 Å². The maximum atomic E-state index is 12.2. The first-order valence-electron chi connectivity index (χ1n) is 8.88. The monoisotopic (exact) mass is 359 g/mol. The van der Waals surface area contributed by atoms with Crippen LogP contribution in [0, 0.1) is 0 Å². The average molecular weight is 359 g/mol. The van der Waals surface area contributed by atoms with Gasteiger partial charge in [0.05, 0.1) is 6.21 Å². The van der Waals surface area contributed by atoms with Gasteiger partial charge in [-0.1, -0.05) is 43.3 Å². The normalized spacial score (nSPS) is 10.9. The largest absolute Gasteiger partial charge is 0.326 e. The molecule has 0 spiro atoms. The summed E-state index contributed by atoms with van der Waals surface area (Å²) in [6, 6.07) is 20.8. The second-order valence-electron chi connectivity index (χ2n) is 6.18. The first-order valence-corrected chi connectivity index (χ1v) is 8.88. The maximum Gasteiger partial charge on any atom is 0.271 e. The van der Waals surface area contributed by atoms with E-state index in [2.05, 4.69) is 15.8 Å². The van der Waals surface area contributed by atoms with Gasteiger partial charge in [0, 0.05) is 17.7 Å². The summed E-state index contributed by atoms with van der Waals surface area (Å²) < 4.78 is 0. The number of nitrogens with one attached hydrogen (secondary N) is 2. The molecule has 0 aliphatic heterocycles. The van der Waals surface area contributed by atoms with E-state index >= 15 is 0 Å². The Labute approximate surface area is 158 Å². The predicted octanol–water partition coefficient (Wildman–Crippen LogP) is 4.34. The van der Waals surface area contributed by atoms with Gasteiger partial charge in [-0.05, 0) is 53.1 Å². The van der Waals surface area contributed by atoms with Crippen LogP contribution in [-0.2, 0) is 4.79 Å². The summed E-state index contributed by atoms with van der Waals surface area (Å²) in [7, 11) is 0. The van der Waals surface area contributed by atoms with Crippen molar-refractivity contribution in [3.8, 4) is 0 Å². The predicted molar refractivity (Wildman–Crippen MR) is 109 cm³/mol. The van der Waals surface area contributed by atoms with Crippen molar-refractivity contribution in [3.63, 3.8) is 0 Å². The molecule has 136 valence electrons. The minimum absolute atomic E-state index is 0.0327. The highest BCUT2D eigenvalue weighted by atomic mass is 16.2. The number of benzene rings is 3. The van der Waals surface area contributed by atoms with Crippen molar-refractivity contribution in [1.82, 2.24) is 5.43 Å². The number of hydrazone groups is 1. The van der Waals surface area contributed by atoms with Crippen molar-refractivity contribution in [1.29, 1.82) is 0 Å². The van der Waals surface area contributed by atoms with Gasteiger partial charge in [-0.2, -0.15) is 5.10 Å². The SMILES string of the molecule is CCCC(=O)Nc1ccc(C(=O)N/N=C/c2ccc3ccccc3c2)cc1. The molecule has 0 fully saturated rings. The van der Waals surface area contributed by atoms with Crippen LogP contribution in [0.4, 0.5) is 5.69 Å². The van der Waals surface area contributed by atoms with Gasteiger partial charge in [-0.25, -0.2) is 5.43 Å². The number of rotatable bonds is 6. The van der Waals surface area contributed by atoms with E-state index in [1.54, 1.807) is 30.5 Å². The zero-order chi connectivity index (χ0) is 19.1. The van der Waals surface area contributed by atoms with E-state index < -0.39 is 0 Å². The van der Waals surface area contributed by atoms with Crippen molar-refractivity contribution in [2.75, 3.05) is 5.32 Å². The van der Waals surface area contributed by atoms with Crippen molar-refractivity contribution in [2.45, 2.75) is 19.8 Å². The van der Waals surface area contributed by atoms with Crippen LogP contribution in [0.1, 0.15) is 35.7 Å². The Balaban J connectivity index is 1.59. The molecule has 0 aliphatic rings.